The van der Waals surface area contributed by atoms with Gasteiger partial charge in [-0.25, -0.2) is 0 Å². The van der Waals surface area contributed by atoms with Crippen LogP contribution in [0, 0.1) is 20.8 Å². The Kier molecular flexibility index (Phi) is 5.57. The van der Waals surface area contributed by atoms with Crippen LogP contribution in [-0.2, 0) is 9.59 Å². The predicted octanol–water partition coefficient (Wildman–Crippen LogP) is 2.08. The number of ether oxygens (including phenoxy) is 1. The molecule has 0 aliphatic heterocycles. The Labute approximate surface area is 140 Å². The molecule has 1 aromatic heterocycles. The highest BCUT2D eigenvalue weighted by Gasteiger charge is 2.15. The molecule has 0 fully saturated rings. The van der Waals surface area contributed by atoms with E-state index in [1.54, 1.807) is 20.0 Å². The second-order valence-electron chi connectivity index (χ2n) is 5.68. The van der Waals surface area contributed by atoms with Crippen molar-refractivity contribution < 1.29 is 18.8 Å². The van der Waals surface area contributed by atoms with Crippen molar-refractivity contribution in [2.75, 3.05) is 25.5 Å². The number of benzene rings is 1. The molecule has 1 N–H and O–H groups in total. The van der Waals surface area contributed by atoms with Crippen molar-refractivity contribution >= 4 is 17.6 Å². The lowest BCUT2D eigenvalue weighted by Crippen LogP contribution is -2.37. The van der Waals surface area contributed by atoms with E-state index in [1.807, 2.05) is 32.0 Å². The summed E-state index contributed by atoms with van der Waals surface area (Å²) in [5.74, 6) is 0.939. The first-order chi connectivity index (χ1) is 11.3. The monoisotopic (exact) mass is 331 g/mol. The molecule has 0 unspecified atom stereocenters. The number of hydrogen-bond donors (Lipinski definition) is 1. The highest BCUT2D eigenvalue weighted by Crippen LogP contribution is 2.19. The minimum absolute atomic E-state index is 0.0963. The molecule has 7 heteroatoms. The van der Waals surface area contributed by atoms with E-state index < -0.39 is 0 Å². The number of aromatic nitrogens is 1. The van der Waals surface area contributed by atoms with E-state index in [0.717, 1.165) is 11.1 Å². The van der Waals surface area contributed by atoms with Crippen molar-refractivity contribution in [1.82, 2.24) is 10.1 Å². The van der Waals surface area contributed by atoms with Gasteiger partial charge < -0.3 is 19.5 Å². The second kappa shape index (κ2) is 7.63. The van der Waals surface area contributed by atoms with E-state index >= 15 is 0 Å². The summed E-state index contributed by atoms with van der Waals surface area (Å²) in [6.45, 7) is 5.37. The number of likely N-dealkylation sites (N-methyl/N-ethyl adjacent to an activating group) is 1. The van der Waals surface area contributed by atoms with Gasteiger partial charge in [0.2, 0.25) is 5.91 Å². The SMILES string of the molecule is Cc1ccc(C)c(OCC(=O)N(C)CC(=O)Nc2cc(C)on2)c1. The van der Waals surface area contributed by atoms with Gasteiger partial charge in [-0.1, -0.05) is 17.3 Å². The lowest BCUT2D eigenvalue weighted by Gasteiger charge is -2.17. The van der Waals surface area contributed by atoms with Crippen LogP contribution < -0.4 is 10.1 Å². The third-order valence-electron chi connectivity index (χ3n) is 3.40. The number of hydrogen-bond acceptors (Lipinski definition) is 5. The lowest BCUT2D eigenvalue weighted by atomic mass is 10.1. The van der Waals surface area contributed by atoms with E-state index in [-0.39, 0.29) is 25.0 Å². The molecule has 0 bridgehead atoms. The molecule has 2 amide bonds. The first-order valence-electron chi connectivity index (χ1n) is 7.52. The maximum atomic E-state index is 12.1. The van der Waals surface area contributed by atoms with Crippen LogP contribution in [0.1, 0.15) is 16.9 Å². The Morgan fingerprint density at radius 3 is 2.67 bits per heavy atom. The zero-order valence-corrected chi connectivity index (χ0v) is 14.3. The predicted molar refractivity (Wildman–Crippen MR) is 88.9 cm³/mol. The average molecular weight is 331 g/mol. The van der Waals surface area contributed by atoms with E-state index in [9.17, 15) is 9.59 Å². The van der Waals surface area contributed by atoms with E-state index in [4.69, 9.17) is 9.26 Å². The molecule has 0 atom stereocenters. The first kappa shape index (κ1) is 17.5. The molecule has 0 radical (unpaired) electrons. The molecule has 0 aliphatic carbocycles. The van der Waals surface area contributed by atoms with Crippen LogP contribution in [0.25, 0.3) is 0 Å². The molecule has 0 spiro atoms. The van der Waals surface area contributed by atoms with E-state index in [2.05, 4.69) is 10.5 Å². The number of carbonyl (C=O) groups is 2. The summed E-state index contributed by atoms with van der Waals surface area (Å²) < 4.78 is 10.4. The zero-order chi connectivity index (χ0) is 17.7. The van der Waals surface area contributed by atoms with Gasteiger partial charge in [-0.05, 0) is 38.0 Å². The Hall–Kier alpha value is -2.83. The Morgan fingerprint density at radius 1 is 1.25 bits per heavy atom. The summed E-state index contributed by atoms with van der Waals surface area (Å²) in [6.07, 6.45) is 0. The molecule has 0 saturated heterocycles. The van der Waals surface area contributed by atoms with Gasteiger partial charge in [0.25, 0.3) is 5.91 Å². The van der Waals surface area contributed by atoms with Gasteiger partial charge in [0.05, 0.1) is 6.54 Å². The third-order valence-corrected chi connectivity index (χ3v) is 3.40. The van der Waals surface area contributed by atoms with E-state index in [1.165, 1.54) is 4.90 Å². The average Bonchev–Trinajstić information content (AvgIpc) is 2.92. The molecule has 0 aliphatic rings. The van der Waals surface area contributed by atoms with Crippen LogP contribution in [0.4, 0.5) is 5.82 Å². The lowest BCUT2D eigenvalue weighted by molar-refractivity contribution is -0.135. The first-order valence-corrected chi connectivity index (χ1v) is 7.52. The van der Waals surface area contributed by atoms with Gasteiger partial charge in [0, 0.05) is 13.1 Å². The molecule has 24 heavy (non-hydrogen) atoms. The van der Waals surface area contributed by atoms with Gasteiger partial charge in [-0.3, -0.25) is 9.59 Å². The second-order valence-corrected chi connectivity index (χ2v) is 5.68. The largest absolute Gasteiger partial charge is 0.483 e. The molecule has 0 saturated carbocycles. The van der Waals surface area contributed by atoms with Gasteiger partial charge in [-0.15, -0.1) is 0 Å². The van der Waals surface area contributed by atoms with E-state index in [0.29, 0.717) is 17.3 Å². The zero-order valence-electron chi connectivity index (χ0n) is 14.3. The van der Waals surface area contributed by atoms with Gasteiger partial charge in [-0.2, -0.15) is 0 Å². The summed E-state index contributed by atoms with van der Waals surface area (Å²) in [4.78, 5) is 25.3. The Bertz CT molecular complexity index is 739. The van der Waals surface area contributed by atoms with Crippen LogP contribution in [0.3, 0.4) is 0 Å². The van der Waals surface area contributed by atoms with Gasteiger partial charge in [0.15, 0.2) is 12.4 Å². The number of nitrogens with one attached hydrogen (secondary N) is 1. The normalized spacial score (nSPS) is 10.3. The summed E-state index contributed by atoms with van der Waals surface area (Å²) in [6, 6.07) is 7.39. The topological polar surface area (TPSA) is 84.7 Å². The summed E-state index contributed by atoms with van der Waals surface area (Å²) in [7, 11) is 1.54. The maximum Gasteiger partial charge on any atom is 0.260 e. The number of aryl methyl sites for hydroxylation is 3. The molecular formula is C17H21N3O4. The van der Waals surface area contributed by atoms with Crippen LogP contribution >= 0.6 is 0 Å². The van der Waals surface area contributed by atoms with Crippen molar-refractivity contribution in [3.63, 3.8) is 0 Å². The van der Waals surface area contributed by atoms with Crippen molar-refractivity contribution in [2.45, 2.75) is 20.8 Å². The minimum Gasteiger partial charge on any atom is -0.483 e. The highest BCUT2D eigenvalue weighted by atomic mass is 16.5. The molecular weight excluding hydrogens is 310 g/mol. The standard InChI is InChI=1S/C17H21N3O4/c1-11-5-6-12(2)14(7-11)23-10-17(22)20(4)9-16(21)18-15-8-13(3)24-19-15/h5-8H,9-10H2,1-4H3,(H,18,19,21). The third kappa shape index (κ3) is 4.84. The van der Waals surface area contributed by atoms with Crippen LogP contribution in [0.5, 0.6) is 5.75 Å². The fraction of sp³-hybridized carbons (Fsp3) is 0.353. The summed E-state index contributed by atoms with van der Waals surface area (Å²) >= 11 is 0. The minimum atomic E-state index is -0.356. The highest BCUT2D eigenvalue weighted by molar-refractivity contribution is 5.93. The molecule has 7 nitrogen and oxygen atoms in total. The quantitative estimate of drug-likeness (QED) is 0.876. The Balaban J connectivity index is 1.83. The number of rotatable bonds is 6. The van der Waals surface area contributed by atoms with Crippen LogP contribution in [0.15, 0.2) is 28.8 Å². The van der Waals surface area contributed by atoms with Crippen molar-refractivity contribution in [2.24, 2.45) is 0 Å². The maximum absolute atomic E-state index is 12.1. The molecule has 2 rings (SSSR count). The number of nitrogens with zero attached hydrogens (tertiary/aromatic N) is 2. The van der Waals surface area contributed by atoms with Crippen molar-refractivity contribution in [3.05, 3.63) is 41.2 Å². The van der Waals surface area contributed by atoms with Crippen molar-refractivity contribution in [1.29, 1.82) is 0 Å². The smallest absolute Gasteiger partial charge is 0.260 e. The number of amides is 2. The van der Waals surface area contributed by atoms with Crippen molar-refractivity contribution in [3.8, 4) is 5.75 Å². The summed E-state index contributed by atoms with van der Waals surface area (Å²) in [5, 5.41) is 6.23. The Morgan fingerprint density at radius 2 is 2.00 bits per heavy atom. The fourth-order valence-electron chi connectivity index (χ4n) is 2.02. The molecule has 1 aromatic carbocycles. The molecule has 1 heterocycles. The fourth-order valence-corrected chi connectivity index (χ4v) is 2.02. The summed E-state index contributed by atoms with van der Waals surface area (Å²) in [5.41, 5.74) is 2.01. The molecule has 2 aromatic rings. The van der Waals surface area contributed by atoms with Crippen LogP contribution in [0.2, 0.25) is 0 Å². The molecule has 128 valence electrons. The van der Waals surface area contributed by atoms with Crippen LogP contribution in [-0.4, -0.2) is 42.1 Å². The number of anilines is 1. The van der Waals surface area contributed by atoms with Gasteiger partial charge >= 0.3 is 0 Å². The van der Waals surface area contributed by atoms with Gasteiger partial charge in [0.1, 0.15) is 11.5 Å². The number of carbonyl (C=O) groups excluding carboxylic acids is 2.